The van der Waals surface area contributed by atoms with Crippen molar-refractivity contribution in [3.63, 3.8) is 0 Å². The Bertz CT molecular complexity index is 891. The van der Waals surface area contributed by atoms with Crippen LogP contribution in [0.15, 0.2) is 53.7 Å². The first-order valence-corrected chi connectivity index (χ1v) is 8.14. The van der Waals surface area contributed by atoms with Crippen molar-refractivity contribution in [3.8, 4) is 0 Å². The van der Waals surface area contributed by atoms with E-state index in [1.807, 2.05) is 62.4 Å². The van der Waals surface area contributed by atoms with Crippen LogP contribution in [0.5, 0.6) is 0 Å². The number of anilines is 3. The molecule has 26 heavy (non-hydrogen) atoms. The lowest BCUT2D eigenvalue weighted by atomic mass is 10.2. The minimum Gasteiger partial charge on any atom is -0.388 e. The van der Waals surface area contributed by atoms with Gasteiger partial charge < -0.3 is 15.9 Å². The van der Waals surface area contributed by atoms with Gasteiger partial charge in [-0.25, -0.2) is 0 Å². The van der Waals surface area contributed by atoms with Crippen LogP contribution in [-0.2, 0) is 11.4 Å². The van der Waals surface area contributed by atoms with Gasteiger partial charge in [-0.3, -0.25) is 0 Å². The predicted octanol–water partition coefficient (Wildman–Crippen LogP) is 3.36. The van der Waals surface area contributed by atoms with Crippen molar-refractivity contribution in [1.82, 2.24) is 15.0 Å². The van der Waals surface area contributed by atoms with Gasteiger partial charge in [-0.1, -0.05) is 52.7 Å². The van der Waals surface area contributed by atoms with Gasteiger partial charge in [0.1, 0.15) is 0 Å². The summed E-state index contributed by atoms with van der Waals surface area (Å²) in [5, 5.41) is 7.03. The van der Waals surface area contributed by atoms with Gasteiger partial charge in [0.05, 0.1) is 6.21 Å². The van der Waals surface area contributed by atoms with Crippen molar-refractivity contribution in [3.05, 3.63) is 71.0 Å². The zero-order chi connectivity index (χ0) is 18.4. The van der Waals surface area contributed by atoms with Crippen LogP contribution in [0.4, 0.5) is 17.6 Å². The highest BCUT2D eigenvalue weighted by Gasteiger charge is 2.05. The maximum atomic E-state index is 5.75. The molecule has 0 aliphatic heterocycles. The van der Waals surface area contributed by atoms with Gasteiger partial charge in [0, 0.05) is 5.69 Å². The second-order valence-corrected chi connectivity index (χ2v) is 5.84. The molecule has 0 aliphatic carbocycles. The lowest BCUT2D eigenvalue weighted by molar-refractivity contribution is 0.126. The maximum Gasteiger partial charge on any atom is 0.232 e. The molecule has 3 rings (SSSR count). The molecule has 132 valence electrons. The van der Waals surface area contributed by atoms with Crippen LogP contribution in [0, 0.1) is 13.8 Å². The number of nitrogen functional groups attached to an aromatic ring is 1. The molecule has 0 spiro atoms. The fraction of sp³-hybridized carbons (Fsp3) is 0.158. The normalized spacial score (nSPS) is 10.8. The van der Waals surface area contributed by atoms with E-state index in [-0.39, 0.29) is 12.6 Å². The molecular weight excluding hydrogens is 328 g/mol. The molecule has 0 amide bonds. The van der Waals surface area contributed by atoms with Crippen LogP contribution >= 0.6 is 0 Å². The van der Waals surface area contributed by atoms with Crippen molar-refractivity contribution in [2.75, 3.05) is 11.1 Å². The molecule has 0 radical (unpaired) electrons. The Balaban J connectivity index is 1.62. The van der Waals surface area contributed by atoms with E-state index in [1.165, 1.54) is 11.1 Å². The molecule has 0 saturated heterocycles. The number of hydrogen-bond donors (Lipinski definition) is 2. The molecule has 0 unspecified atom stereocenters. The monoisotopic (exact) mass is 348 g/mol. The average molecular weight is 348 g/mol. The number of oxime groups is 1. The fourth-order valence-electron chi connectivity index (χ4n) is 2.17. The van der Waals surface area contributed by atoms with Gasteiger partial charge in [0.25, 0.3) is 0 Å². The van der Waals surface area contributed by atoms with Gasteiger partial charge in [-0.2, -0.15) is 15.0 Å². The Morgan fingerprint density at radius 2 is 1.62 bits per heavy atom. The number of aromatic nitrogens is 3. The van der Waals surface area contributed by atoms with Gasteiger partial charge >= 0.3 is 0 Å². The topological polar surface area (TPSA) is 98.3 Å². The molecule has 0 aliphatic rings. The Morgan fingerprint density at radius 1 is 0.962 bits per heavy atom. The van der Waals surface area contributed by atoms with Gasteiger partial charge in [0.2, 0.25) is 11.9 Å². The minimum absolute atomic E-state index is 0.0949. The second kappa shape index (κ2) is 8.06. The number of aryl methyl sites for hydroxylation is 2. The zero-order valence-electron chi connectivity index (χ0n) is 14.7. The number of nitrogens with two attached hydrogens (primary N) is 1. The molecule has 1 aromatic heterocycles. The fourth-order valence-corrected chi connectivity index (χ4v) is 2.17. The Labute approximate surface area is 152 Å². The molecule has 7 heteroatoms. The van der Waals surface area contributed by atoms with E-state index in [2.05, 4.69) is 25.4 Å². The third-order valence-electron chi connectivity index (χ3n) is 3.55. The molecule has 0 atom stereocenters. The lowest BCUT2D eigenvalue weighted by Crippen LogP contribution is -2.07. The Morgan fingerprint density at radius 3 is 2.31 bits per heavy atom. The highest BCUT2D eigenvalue weighted by atomic mass is 16.6. The minimum atomic E-state index is 0.0949. The predicted molar refractivity (Wildman–Crippen MR) is 102 cm³/mol. The standard InChI is InChI=1S/C19H20N6O/c1-13-3-7-15(8-4-13)11-21-26-12-17-23-18(20)25-19(24-17)22-16-9-5-14(2)6-10-16/h3-11H,12H2,1-2H3,(H3,20,22,23,24,25)/b21-11-. The van der Waals surface area contributed by atoms with Gasteiger partial charge in [-0.05, 0) is 31.5 Å². The van der Waals surface area contributed by atoms with Gasteiger partial charge in [0.15, 0.2) is 12.4 Å². The van der Waals surface area contributed by atoms with Crippen LogP contribution in [0.1, 0.15) is 22.5 Å². The molecule has 0 bridgehead atoms. The Kier molecular flexibility index (Phi) is 5.38. The summed E-state index contributed by atoms with van der Waals surface area (Å²) in [5.74, 6) is 0.881. The quantitative estimate of drug-likeness (QED) is 0.523. The Hall–Kier alpha value is -3.48. The summed E-state index contributed by atoms with van der Waals surface area (Å²) in [6, 6.07) is 15.8. The van der Waals surface area contributed by atoms with Crippen molar-refractivity contribution >= 4 is 23.8 Å². The summed E-state index contributed by atoms with van der Waals surface area (Å²) in [7, 11) is 0. The second-order valence-electron chi connectivity index (χ2n) is 5.84. The summed E-state index contributed by atoms with van der Waals surface area (Å²) in [6.45, 7) is 4.15. The number of nitrogens with zero attached hydrogens (tertiary/aromatic N) is 4. The molecule has 0 fully saturated rings. The summed E-state index contributed by atoms with van der Waals surface area (Å²) in [4.78, 5) is 17.7. The van der Waals surface area contributed by atoms with Crippen molar-refractivity contribution in [2.45, 2.75) is 20.5 Å². The summed E-state index contributed by atoms with van der Waals surface area (Å²) in [6.07, 6.45) is 1.63. The molecule has 0 saturated carbocycles. The first-order chi connectivity index (χ1) is 12.6. The number of rotatable bonds is 6. The summed E-state index contributed by atoms with van der Waals surface area (Å²) < 4.78 is 0. The van der Waals surface area contributed by atoms with Crippen LogP contribution in [0.3, 0.4) is 0 Å². The zero-order valence-corrected chi connectivity index (χ0v) is 14.7. The summed E-state index contributed by atoms with van der Waals surface area (Å²) >= 11 is 0. The van der Waals surface area contributed by atoms with E-state index in [4.69, 9.17) is 10.6 Å². The number of hydrogen-bond acceptors (Lipinski definition) is 7. The molecule has 1 heterocycles. The lowest BCUT2D eigenvalue weighted by Gasteiger charge is -2.07. The largest absolute Gasteiger partial charge is 0.388 e. The smallest absolute Gasteiger partial charge is 0.232 e. The van der Waals surface area contributed by atoms with E-state index in [0.29, 0.717) is 11.8 Å². The third kappa shape index (κ3) is 5.01. The SMILES string of the molecule is Cc1ccc(/C=N\OCc2nc(N)nc(Nc3ccc(C)cc3)n2)cc1. The molecular formula is C19H20N6O. The number of benzene rings is 2. The van der Waals surface area contributed by atoms with E-state index < -0.39 is 0 Å². The first kappa shape index (κ1) is 17.3. The van der Waals surface area contributed by atoms with Crippen molar-refractivity contribution < 1.29 is 4.84 Å². The molecule has 3 N–H and O–H groups in total. The highest BCUT2D eigenvalue weighted by Crippen LogP contribution is 2.14. The van der Waals surface area contributed by atoms with E-state index in [0.717, 1.165) is 11.3 Å². The highest BCUT2D eigenvalue weighted by molar-refractivity contribution is 5.79. The molecule has 2 aromatic carbocycles. The van der Waals surface area contributed by atoms with E-state index in [9.17, 15) is 0 Å². The summed E-state index contributed by atoms with van der Waals surface area (Å²) in [5.41, 5.74) is 9.93. The van der Waals surface area contributed by atoms with E-state index >= 15 is 0 Å². The van der Waals surface area contributed by atoms with Gasteiger partial charge in [-0.15, -0.1) is 0 Å². The van der Waals surface area contributed by atoms with Crippen LogP contribution in [-0.4, -0.2) is 21.2 Å². The van der Waals surface area contributed by atoms with Crippen LogP contribution in [0.25, 0.3) is 0 Å². The van der Waals surface area contributed by atoms with E-state index in [1.54, 1.807) is 6.21 Å². The first-order valence-electron chi connectivity index (χ1n) is 8.14. The third-order valence-corrected chi connectivity index (χ3v) is 3.55. The average Bonchev–Trinajstić information content (AvgIpc) is 2.62. The van der Waals surface area contributed by atoms with Crippen molar-refractivity contribution in [1.29, 1.82) is 0 Å². The molecule has 7 nitrogen and oxygen atoms in total. The van der Waals surface area contributed by atoms with Crippen LogP contribution < -0.4 is 11.1 Å². The van der Waals surface area contributed by atoms with Crippen molar-refractivity contribution in [2.24, 2.45) is 5.16 Å². The number of nitrogens with one attached hydrogen (secondary N) is 1. The maximum absolute atomic E-state index is 5.75. The molecule has 3 aromatic rings. The van der Waals surface area contributed by atoms with Crippen LogP contribution in [0.2, 0.25) is 0 Å².